The van der Waals surface area contributed by atoms with Crippen molar-refractivity contribution < 1.29 is 9.59 Å². The maximum absolute atomic E-state index is 11.6. The first-order valence-corrected chi connectivity index (χ1v) is 6.02. The fourth-order valence-corrected chi connectivity index (χ4v) is 1.76. The zero-order chi connectivity index (χ0) is 13.7. The minimum Gasteiger partial charge on any atom is -0.359 e. The van der Waals surface area contributed by atoms with Crippen molar-refractivity contribution in [2.75, 3.05) is 18.4 Å². The maximum atomic E-state index is 11.6. The van der Waals surface area contributed by atoms with Crippen LogP contribution in [0.25, 0.3) is 10.9 Å². The number of carbonyl (C=O) groups is 2. The van der Waals surface area contributed by atoms with Crippen LogP contribution in [0.3, 0.4) is 0 Å². The first kappa shape index (κ1) is 12.9. The van der Waals surface area contributed by atoms with E-state index in [0.29, 0.717) is 13.1 Å². The van der Waals surface area contributed by atoms with E-state index in [4.69, 9.17) is 0 Å². The van der Waals surface area contributed by atoms with E-state index in [1.807, 2.05) is 24.3 Å². The molecule has 1 heterocycles. The summed E-state index contributed by atoms with van der Waals surface area (Å²) in [6.45, 7) is 2.23. The molecule has 4 N–H and O–H groups in total. The van der Waals surface area contributed by atoms with Gasteiger partial charge in [0.15, 0.2) is 0 Å². The topological polar surface area (TPSA) is 86.0 Å². The lowest BCUT2D eigenvalue weighted by Gasteiger charge is -2.07. The number of hydrogen-bond acceptors (Lipinski definition) is 2. The fourth-order valence-electron chi connectivity index (χ4n) is 1.76. The highest BCUT2D eigenvalue weighted by atomic mass is 16.2. The number of carbonyl (C=O) groups excluding carboxylic acids is 2. The van der Waals surface area contributed by atoms with E-state index in [1.165, 1.54) is 6.92 Å². The lowest BCUT2D eigenvalue weighted by Crippen LogP contribution is -2.36. The van der Waals surface area contributed by atoms with E-state index in [9.17, 15) is 9.59 Å². The number of benzene rings is 1. The summed E-state index contributed by atoms with van der Waals surface area (Å²) in [5, 5.41) is 8.98. The van der Waals surface area contributed by atoms with Gasteiger partial charge >= 0.3 is 6.03 Å². The van der Waals surface area contributed by atoms with Gasteiger partial charge < -0.3 is 20.9 Å². The Kier molecular flexibility index (Phi) is 4.02. The average molecular weight is 260 g/mol. The third-order valence-electron chi connectivity index (χ3n) is 2.62. The van der Waals surface area contributed by atoms with E-state index in [0.717, 1.165) is 16.6 Å². The number of hydrogen-bond donors (Lipinski definition) is 4. The molecule has 0 atom stereocenters. The van der Waals surface area contributed by atoms with Crippen LogP contribution in [0.2, 0.25) is 0 Å². The summed E-state index contributed by atoms with van der Waals surface area (Å²) in [7, 11) is 0. The minimum atomic E-state index is -0.296. The van der Waals surface area contributed by atoms with Gasteiger partial charge in [0.25, 0.3) is 0 Å². The molecule has 2 aromatic rings. The summed E-state index contributed by atoms with van der Waals surface area (Å²) < 4.78 is 0. The Bertz CT molecular complexity index is 591. The number of urea groups is 1. The Morgan fingerprint density at radius 3 is 2.68 bits per heavy atom. The number of para-hydroxylation sites is 1. The van der Waals surface area contributed by atoms with Gasteiger partial charge in [-0.1, -0.05) is 18.2 Å². The molecular weight excluding hydrogens is 244 g/mol. The molecule has 0 saturated carbocycles. The molecule has 0 aliphatic carbocycles. The molecule has 100 valence electrons. The standard InChI is InChI=1S/C13H16N4O2/c1-9(18)14-6-7-15-13(19)17-12-8-16-11-5-3-2-4-10(11)12/h2-5,8,16H,6-7H2,1H3,(H,14,18)(H2,15,17,19). The van der Waals surface area contributed by atoms with Crippen LogP contribution in [0.4, 0.5) is 10.5 Å². The number of rotatable bonds is 4. The van der Waals surface area contributed by atoms with Gasteiger partial charge in [-0.05, 0) is 6.07 Å². The molecule has 0 spiro atoms. The second-order valence-corrected chi connectivity index (χ2v) is 4.11. The molecule has 0 bridgehead atoms. The van der Waals surface area contributed by atoms with Gasteiger partial charge in [-0.3, -0.25) is 4.79 Å². The van der Waals surface area contributed by atoms with Crippen LogP contribution in [0.5, 0.6) is 0 Å². The van der Waals surface area contributed by atoms with Crippen molar-refractivity contribution in [3.05, 3.63) is 30.5 Å². The number of nitrogens with one attached hydrogen (secondary N) is 4. The van der Waals surface area contributed by atoms with Crippen LogP contribution in [-0.2, 0) is 4.79 Å². The van der Waals surface area contributed by atoms with Crippen LogP contribution in [0.1, 0.15) is 6.92 Å². The van der Waals surface area contributed by atoms with E-state index in [1.54, 1.807) is 6.20 Å². The van der Waals surface area contributed by atoms with Crippen LogP contribution >= 0.6 is 0 Å². The highest BCUT2D eigenvalue weighted by Crippen LogP contribution is 2.22. The normalized spacial score (nSPS) is 10.2. The summed E-state index contributed by atoms with van der Waals surface area (Å²) in [6, 6.07) is 7.41. The van der Waals surface area contributed by atoms with Gasteiger partial charge in [-0.2, -0.15) is 0 Å². The van der Waals surface area contributed by atoms with E-state index in [2.05, 4.69) is 20.9 Å². The number of aromatic amines is 1. The quantitative estimate of drug-likeness (QED) is 0.627. The number of aromatic nitrogens is 1. The summed E-state index contributed by atoms with van der Waals surface area (Å²) in [5.74, 6) is -0.112. The number of fused-ring (bicyclic) bond motifs is 1. The van der Waals surface area contributed by atoms with Crippen LogP contribution < -0.4 is 16.0 Å². The third kappa shape index (κ3) is 3.48. The molecule has 0 fully saturated rings. The molecule has 3 amide bonds. The molecule has 1 aromatic heterocycles. The van der Waals surface area contributed by atoms with Crippen LogP contribution in [0.15, 0.2) is 30.5 Å². The van der Waals surface area contributed by atoms with E-state index < -0.39 is 0 Å². The molecular formula is C13H16N4O2. The monoisotopic (exact) mass is 260 g/mol. The van der Waals surface area contributed by atoms with E-state index >= 15 is 0 Å². The first-order chi connectivity index (χ1) is 9.16. The molecule has 1 aromatic carbocycles. The highest BCUT2D eigenvalue weighted by Gasteiger charge is 2.06. The smallest absolute Gasteiger partial charge is 0.319 e. The van der Waals surface area contributed by atoms with Crippen molar-refractivity contribution in [1.29, 1.82) is 0 Å². The van der Waals surface area contributed by atoms with Crippen molar-refractivity contribution in [2.45, 2.75) is 6.92 Å². The molecule has 0 aliphatic heterocycles. The third-order valence-corrected chi connectivity index (χ3v) is 2.62. The fraction of sp³-hybridized carbons (Fsp3) is 0.231. The minimum absolute atomic E-state index is 0.112. The predicted molar refractivity (Wildman–Crippen MR) is 74.0 cm³/mol. The summed E-state index contributed by atoms with van der Waals surface area (Å²) in [6.07, 6.45) is 1.75. The largest absolute Gasteiger partial charge is 0.359 e. The summed E-state index contributed by atoms with van der Waals surface area (Å²) in [5.41, 5.74) is 1.70. The highest BCUT2D eigenvalue weighted by molar-refractivity contribution is 6.00. The first-order valence-electron chi connectivity index (χ1n) is 6.02. The predicted octanol–water partition coefficient (Wildman–Crippen LogP) is 1.43. The SMILES string of the molecule is CC(=O)NCCNC(=O)Nc1c[nH]c2ccccc12. The van der Waals surface area contributed by atoms with Gasteiger partial charge in [0, 0.05) is 37.1 Å². The van der Waals surface area contributed by atoms with Crippen molar-refractivity contribution >= 4 is 28.5 Å². The van der Waals surface area contributed by atoms with Crippen molar-refractivity contribution in [3.8, 4) is 0 Å². The van der Waals surface area contributed by atoms with Gasteiger partial charge in [0.2, 0.25) is 5.91 Å². The molecule has 6 heteroatoms. The Balaban J connectivity index is 1.87. The summed E-state index contributed by atoms with van der Waals surface area (Å²) in [4.78, 5) is 25.4. The van der Waals surface area contributed by atoms with Crippen molar-refractivity contribution in [1.82, 2.24) is 15.6 Å². The lowest BCUT2D eigenvalue weighted by atomic mass is 10.2. The van der Waals surface area contributed by atoms with Gasteiger partial charge in [-0.15, -0.1) is 0 Å². The zero-order valence-corrected chi connectivity index (χ0v) is 10.6. The zero-order valence-electron chi connectivity index (χ0n) is 10.6. The maximum Gasteiger partial charge on any atom is 0.319 e. The molecule has 2 rings (SSSR count). The van der Waals surface area contributed by atoms with Crippen molar-refractivity contribution in [2.24, 2.45) is 0 Å². The number of amides is 3. The summed E-state index contributed by atoms with van der Waals surface area (Å²) >= 11 is 0. The van der Waals surface area contributed by atoms with Crippen LogP contribution in [-0.4, -0.2) is 30.0 Å². The van der Waals surface area contributed by atoms with Gasteiger partial charge in [-0.25, -0.2) is 4.79 Å². The Morgan fingerprint density at radius 1 is 1.16 bits per heavy atom. The second-order valence-electron chi connectivity index (χ2n) is 4.11. The molecule has 19 heavy (non-hydrogen) atoms. The Morgan fingerprint density at radius 2 is 1.89 bits per heavy atom. The molecule has 0 unspecified atom stereocenters. The molecule has 0 radical (unpaired) electrons. The van der Waals surface area contributed by atoms with Gasteiger partial charge in [0.1, 0.15) is 0 Å². The molecule has 0 aliphatic rings. The molecule has 6 nitrogen and oxygen atoms in total. The Labute approximate surface area is 110 Å². The molecule has 0 saturated heterocycles. The van der Waals surface area contributed by atoms with Gasteiger partial charge in [0.05, 0.1) is 5.69 Å². The van der Waals surface area contributed by atoms with Crippen LogP contribution in [0, 0.1) is 0 Å². The number of H-pyrrole nitrogens is 1. The Hall–Kier alpha value is -2.50. The number of anilines is 1. The van der Waals surface area contributed by atoms with E-state index in [-0.39, 0.29) is 11.9 Å². The second kappa shape index (κ2) is 5.90. The lowest BCUT2D eigenvalue weighted by molar-refractivity contribution is -0.118. The average Bonchev–Trinajstić information content (AvgIpc) is 2.78. The van der Waals surface area contributed by atoms with Crippen molar-refractivity contribution in [3.63, 3.8) is 0 Å².